The number of benzene rings is 4. The Morgan fingerprint density at radius 3 is 0.886 bits per heavy atom. The molecule has 4 bridgehead atoms. The van der Waals surface area contributed by atoms with Crippen LogP contribution in [0.3, 0.4) is 0 Å². The first-order valence-electron chi connectivity index (χ1n) is 16.2. The monoisotopic (exact) mass is 614 g/mol. The molecule has 6 aromatic rings. The van der Waals surface area contributed by atoms with Crippen molar-refractivity contribution in [2.45, 2.75) is 91.4 Å². The zero-order valence-corrected chi connectivity index (χ0v) is 29.3. The van der Waals surface area contributed by atoms with Crippen LogP contribution in [0.1, 0.15) is 72.2 Å². The van der Waals surface area contributed by atoms with Crippen molar-refractivity contribution in [3.05, 3.63) is 105 Å². The number of hydrogen-bond donors (Lipinski definition) is 0. The minimum absolute atomic E-state index is 0.338. The molecular weight excluding hydrogens is 570 g/mol. The van der Waals surface area contributed by atoms with Crippen molar-refractivity contribution < 1.29 is 0 Å². The predicted molar refractivity (Wildman–Crippen MR) is 196 cm³/mol. The highest BCUT2D eigenvalue weighted by atomic mass is 31.1. The summed E-state index contributed by atoms with van der Waals surface area (Å²) in [6.07, 6.45) is 4.32. The maximum absolute atomic E-state index is 5.58. The third-order valence-corrected chi connectivity index (χ3v) is 15.4. The van der Waals surface area contributed by atoms with Crippen molar-refractivity contribution >= 4 is 59.5 Å². The van der Waals surface area contributed by atoms with Crippen molar-refractivity contribution in [1.29, 1.82) is 0 Å². The first kappa shape index (κ1) is 29.8. The third-order valence-electron chi connectivity index (χ3n) is 9.47. The molecule has 44 heavy (non-hydrogen) atoms. The molecule has 4 heteroatoms. The van der Waals surface area contributed by atoms with E-state index in [0.29, 0.717) is 11.3 Å². The normalized spacial score (nSPS) is 17.6. The van der Waals surface area contributed by atoms with Crippen LogP contribution in [0.25, 0.3) is 43.6 Å². The molecule has 7 rings (SSSR count). The summed E-state index contributed by atoms with van der Waals surface area (Å²) in [5.74, 6) is 0. The molecule has 0 N–H and O–H groups in total. The molecule has 0 aliphatic carbocycles. The van der Waals surface area contributed by atoms with E-state index in [0.717, 1.165) is 24.6 Å². The second-order valence-corrected chi connectivity index (χ2v) is 19.6. The van der Waals surface area contributed by atoms with Gasteiger partial charge in [0.15, 0.2) is 0 Å². The van der Waals surface area contributed by atoms with E-state index in [1.165, 1.54) is 88.1 Å². The number of rotatable bonds is 2. The van der Waals surface area contributed by atoms with Crippen LogP contribution in [0, 0.1) is 27.7 Å². The summed E-state index contributed by atoms with van der Waals surface area (Å²) in [7, 11) is -0.675. The van der Waals surface area contributed by atoms with Gasteiger partial charge in [0.1, 0.15) is 0 Å². The zero-order valence-electron chi connectivity index (χ0n) is 27.5. The molecule has 0 atom stereocenters. The van der Waals surface area contributed by atoms with Crippen LogP contribution in [0.4, 0.5) is 0 Å². The smallest absolute Gasteiger partial charge is 0.0745 e. The standard InChI is InChI=1S/C40H44N2P2/c1-23(2)43-19-33-13-25(5)9-29-17-31-11-27(7)15-35(39(31)41-37(29)33)21-44(24(3)4)22-36-16-28(8)12-32-18-30-10-26(6)14-34(20-43)38(30)42-40(32)36/h9-18,23-24H,19-22H2,1-8H3. The molecule has 1 aliphatic rings. The van der Waals surface area contributed by atoms with Gasteiger partial charge in [0.2, 0.25) is 0 Å². The topological polar surface area (TPSA) is 25.8 Å². The van der Waals surface area contributed by atoms with Crippen molar-refractivity contribution in [2.24, 2.45) is 0 Å². The Bertz CT molecular complexity index is 1810. The molecule has 0 radical (unpaired) electrons. The Kier molecular flexibility index (Phi) is 7.76. The van der Waals surface area contributed by atoms with Crippen LogP contribution < -0.4 is 0 Å². The van der Waals surface area contributed by atoms with Gasteiger partial charge >= 0.3 is 0 Å². The Labute approximate surface area is 265 Å². The van der Waals surface area contributed by atoms with E-state index in [2.05, 4.69) is 116 Å². The summed E-state index contributed by atoms with van der Waals surface area (Å²) >= 11 is 0. The predicted octanol–water partition coefficient (Wildman–Crippen LogP) is 11.8. The van der Waals surface area contributed by atoms with E-state index < -0.39 is 0 Å². The first-order chi connectivity index (χ1) is 21.0. The van der Waals surface area contributed by atoms with Crippen LogP contribution in [0.2, 0.25) is 0 Å². The van der Waals surface area contributed by atoms with Gasteiger partial charge in [-0.05, 0) is 122 Å². The summed E-state index contributed by atoms with van der Waals surface area (Å²) in [6, 6.07) is 23.9. The molecule has 4 aromatic carbocycles. The minimum atomic E-state index is -0.338. The number of aromatic nitrogens is 2. The molecule has 0 unspecified atom stereocenters. The molecular formula is C40H44N2P2. The van der Waals surface area contributed by atoms with Crippen molar-refractivity contribution in [3.63, 3.8) is 0 Å². The quantitative estimate of drug-likeness (QED) is 0.143. The third kappa shape index (κ3) is 5.55. The lowest BCUT2D eigenvalue weighted by molar-refractivity contribution is 1.06. The van der Waals surface area contributed by atoms with Gasteiger partial charge in [-0.15, -0.1) is 0 Å². The lowest BCUT2D eigenvalue weighted by atomic mass is 10.0. The molecule has 0 saturated carbocycles. The molecule has 0 spiro atoms. The van der Waals surface area contributed by atoms with Gasteiger partial charge in [0, 0.05) is 21.5 Å². The second kappa shape index (κ2) is 11.5. The number of hydrogen-bond acceptors (Lipinski definition) is 2. The number of pyridine rings is 2. The molecule has 224 valence electrons. The summed E-state index contributed by atoms with van der Waals surface area (Å²) in [5, 5.41) is 5.13. The Morgan fingerprint density at radius 1 is 0.409 bits per heavy atom. The fourth-order valence-corrected chi connectivity index (χ4v) is 11.7. The fraction of sp³-hybridized carbons (Fsp3) is 0.350. The van der Waals surface area contributed by atoms with Crippen molar-refractivity contribution in [1.82, 2.24) is 9.97 Å². The zero-order chi connectivity index (χ0) is 30.9. The summed E-state index contributed by atoms with van der Waals surface area (Å²) in [5.41, 5.74) is 17.0. The van der Waals surface area contributed by atoms with Crippen LogP contribution >= 0.6 is 15.8 Å². The van der Waals surface area contributed by atoms with Crippen LogP contribution in [-0.2, 0) is 24.6 Å². The van der Waals surface area contributed by atoms with Gasteiger partial charge < -0.3 is 0 Å². The lowest BCUT2D eigenvalue weighted by Crippen LogP contribution is -2.05. The molecule has 2 aromatic heterocycles. The molecule has 3 heterocycles. The fourth-order valence-electron chi connectivity index (χ4n) is 7.28. The lowest BCUT2D eigenvalue weighted by Gasteiger charge is -2.26. The van der Waals surface area contributed by atoms with Gasteiger partial charge in [-0.3, -0.25) is 0 Å². The first-order valence-corrected chi connectivity index (χ1v) is 19.7. The van der Waals surface area contributed by atoms with Crippen LogP contribution in [0.15, 0.2) is 60.7 Å². The Morgan fingerprint density at radius 2 is 0.659 bits per heavy atom. The molecule has 0 amide bonds. The van der Waals surface area contributed by atoms with E-state index in [1.807, 2.05) is 0 Å². The second-order valence-electron chi connectivity index (χ2n) is 14.0. The summed E-state index contributed by atoms with van der Waals surface area (Å²) < 4.78 is 0. The van der Waals surface area contributed by atoms with E-state index >= 15 is 0 Å². The highest BCUT2D eigenvalue weighted by Crippen LogP contribution is 2.52. The molecule has 0 saturated heterocycles. The summed E-state index contributed by atoms with van der Waals surface area (Å²) in [6.45, 7) is 18.7. The van der Waals surface area contributed by atoms with Crippen LogP contribution in [-0.4, -0.2) is 21.3 Å². The Hall–Kier alpha value is -2.92. The van der Waals surface area contributed by atoms with Gasteiger partial charge in [-0.2, -0.15) is 0 Å². The van der Waals surface area contributed by atoms with Gasteiger partial charge in [0.05, 0.1) is 22.1 Å². The van der Waals surface area contributed by atoms with Crippen molar-refractivity contribution in [2.75, 3.05) is 0 Å². The minimum Gasteiger partial charge on any atom is -0.247 e. The Balaban J connectivity index is 1.54. The summed E-state index contributed by atoms with van der Waals surface area (Å²) in [4.78, 5) is 11.2. The number of nitrogens with zero attached hydrogens (tertiary/aromatic N) is 2. The number of aryl methyl sites for hydroxylation is 4. The molecule has 0 fully saturated rings. The molecule has 1 aliphatic heterocycles. The largest absolute Gasteiger partial charge is 0.247 e. The maximum atomic E-state index is 5.58. The van der Waals surface area contributed by atoms with Gasteiger partial charge in [-0.25, -0.2) is 9.97 Å². The van der Waals surface area contributed by atoms with E-state index in [1.54, 1.807) is 0 Å². The molecule has 2 nitrogen and oxygen atoms in total. The maximum Gasteiger partial charge on any atom is 0.0745 e. The van der Waals surface area contributed by atoms with Gasteiger partial charge in [0.25, 0.3) is 0 Å². The highest BCUT2D eigenvalue weighted by Gasteiger charge is 2.23. The van der Waals surface area contributed by atoms with E-state index in [4.69, 9.17) is 9.97 Å². The van der Waals surface area contributed by atoms with Crippen LogP contribution in [0.5, 0.6) is 0 Å². The van der Waals surface area contributed by atoms with E-state index in [-0.39, 0.29) is 15.8 Å². The van der Waals surface area contributed by atoms with Gasteiger partial charge in [-0.1, -0.05) is 90.1 Å². The average Bonchev–Trinajstić information content (AvgIpc) is 2.93. The van der Waals surface area contributed by atoms with E-state index in [9.17, 15) is 0 Å². The SMILES string of the molecule is Cc1cc2c3nc4c(cc(C)cc4cc3c1)CP(C(C)C)Cc1cc(C)cc3cc4cc(C)cc(c4nc13)CP(C(C)C)C2. The van der Waals surface area contributed by atoms with Crippen molar-refractivity contribution in [3.8, 4) is 0 Å². The highest BCUT2D eigenvalue weighted by molar-refractivity contribution is 7.57. The average molecular weight is 615 g/mol.